The van der Waals surface area contributed by atoms with E-state index in [4.69, 9.17) is 9.52 Å². The molecule has 96 valence electrons. The third-order valence-electron chi connectivity index (χ3n) is 2.37. The summed E-state index contributed by atoms with van der Waals surface area (Å²) in [5, 5.41) is 20.7. The Labute approximate surface area is 101 Å². The van der Waals surface area contributed by atoms with Crippen molar-refractivity contribution in [2.75, 3.05) is 11.9 Å². The van der Waals surface area contributed by atoms with Gasteiger partial charge < -0.3 is 19.9 Å². The topological polar surface area (TPSA) is 116 Å². The van der Waals surface area contributed by atoms with Gasteiger partial charge in [0, 0.05) is 18.3 Å². The van der Waals surface area contributed by atoms with Crippen molar-refractivity contribution in [2.24, 2.45) is 0 Å². The van der Waals surface area contributed by atoms with Gasteiger partial charge in [0.25, 0.3) is 0 Å². The van der Waals surface area contributed by atoms with Gasteiger partial charge in [-0.15, -0.1) is 0 Å². The van der Waals surface area contributed by atoms with Gasteiger partial charge in [-0.05, 0) is 12.1 Å². The number of rotatable bonds is 5. The van der Waals surface area contributed by atoms with Gasteiger partial charge in [0.1, 0.15) is 0 Å². The number of fused-ring (bicyclic) bond motifs is 1. The molecule has 1 unspecified atom stereocenters. The fourth-order valence-electron chi connectivity index (χ4n) is 1.56. The molecule has 0 saturated carbocycles. The molecule has 0 bridgehead atoms. The Balaban J connectivity index is 2.03. The summed E-state index contributed by atoms with van der Waals surface area (Å²) in [6, 6.07) is 4.95. The predicted molar refractivity (Wildman–Crippen MR) is 63.6 cm³/mol. The predicted octanol–water partition coefficient (Wildman–Crippen LogP) is 0.369. The third kappa shape index (κ3) is 2.89. The number of H-pyrrole nitrogens is 1. The Kier molecular flexibility index (Phi) is 3.33. The lowest BCUT2D eigenvalue weighted by Gasteiger charge is -2.10. The summed E-state index contributed by atoms with van der Waals surface area (Å²) in [5.41, 5.74) is 1.61. The number of aliphatic hydroxyl groups is 1. The van der Waals surface area contributed by atoms with E-state index in [-0.39, 0.29) is 13.0 Å². The van der Waals surface area contributed by atoms with E-state index in [0.29, 0.717) is 16.8 Å². The van der Waals surface area contributed by atoms with E-state index in [2.05, 4.69) is 10.3 Å². The van der Waals surface area contributed by atoms with Gasteiger partial charge in [0.2, 0.25) is 0 Å². The smallest absolute Gasteiger partial charge is 0.417 e. The molecule has 0 radical (unpaired) electrons. The maximum atomic E-state index is 10.9. The van der Waals surface area contributed by atoms with Gasteiger partial charge in [-0.25, -0.2) is 4.79 Å². The van der Waals surface area contributed by atoms with Crippen LogP contribution >= 0.6 is 0 Å². The van der Waals surface area contributed by atoms with E-state index >= 15 is 0 Å². The zero-order chi connectivity index (χ0) is 13.1. The van der Waals surface area contributed by atoms with Crippen molar-refractivity contribution in [3.63, 3.8) is 0 Å². The van der Waals surface area contributed by atoms with E-state index < -0.39 is 17.8 Å². The second-order valence-electron chi connectivity index (χ2n) is 3.86. The van der Waals surface area contributed by atoms with Gasteiger partial charge in [0.15, 0.2) is 5.58 Å². The van der Waals surface area contributed by atoms with Crippen molar-refractivity contribution in [1.82, 2.24) is 4.98 Å². The van der Waals surface area contributed by atoms with Gasteiger partial charge in [-0.3, -0.25) is 9.78 Å². The lowest BCUT2D eigenvalue weighted by atomic mass is 10.2. The highest BCUT2D eigenvalue weighted by molar-refractivity contribution is 5.76. The van der Waals surface area contributed by atoms with Gasteiger partial charge >= 0.3 is 11.7 Å². The highest BCUT2D eigenvalue weighted by Crippen LogP contribution is 2.16. The fraction of sp³-hybridized carbons (Fsp3) is 0.273. The van der Waals surface area contributed by atoms with Crippen LogP contribution in [0.15, 0.2) is 27.4 Å². The Morgan fingerprint density at radius 3 is 3.00 bits per heavy atom. The molecule has 0 spiro atoms. The third-order valence-corrected chi connectivity index (χ3v) is 2.37. The van der Waals surface area contributed by atoms with Crippen molar-refractivity contribution in [3.8, 4) is 0 Å². The summed E-state index contributed by atoms with van der Waals surface area (Å²) in [5.74, 6) is -1.59. The monoisotopic (exact) mass is 252 g/mol. The minimum atomic E-state index is -1.06. The van der Waals surface area contributed by atoms with Crippen molar-refractivity contribution < 1.29 is 19.4 Å². The maximum Gasteiger partial charge on any atom is 0.417 e. The van der Waals surface area contributed by atoms with Crippen LogP contribution in [0.5, 0.6) is 0 Å². The van der Waals surface area contributed by atoms with Gasteiger partial charge in [-0.2, -0.15) is 0 Å². The second-order valence-corrected chi connectivity index (χ2v) is 3.86. The average Bonchev–Trinajstić information content (AvgIpc) is 2.64. The van der Waals surface area contributed by atoms with E-state index in [1.54, 1.807) is 18.2 Å². The minimum Gasteiger partial charge on any atom is -0.481 e. The summed E-state index contributed by atoms with van der Waals surface area (Å²) < 4.78 is 4.87. The second kappa shape index (κ2) is 4.92. The first kappa shape index (κ1) is 12.2. The summed E-state index contributed by atoms with van der Waals surface area (Å²) in [6.45, 7) is 0.104. The number of oxazole rings is 1. The number of carboxylic acids is 1. The number of benzene rings is 1. The Morgan fingerprint density at radius 1 is 1.50 bits per heavy atom. The average molecular weight is 252 g/mol. The zero-order valence-corrected chi connectivity index (χ0v) is 9.34. The number of carboxylic acid groups (broad SMARTS) is 1. The lowest BCUT2D eigenvalue weighted by Crippen LogP contribution is -2.22. The SMILES string of the molecule is O=C(O)CC(O)CNc1ccc2[nH]c(=O)oc2c1. The van der Waals surface area contributed by atoms with E-state index in [1.165, 1.54) is 0 Å². The standard InChI is InChI=1S/C11H12N2O5/c14-7(4-10(15)16)5-12-6-1-2-8-9(3-6)18-11(17)13-8/h1-3,7,12,14H,4-5H2,(H,13,17)(H,15,16). The summed E-state index contributed by atoms with van der Waals surface area (Å²) in [6.07, 6.45) is -1.30. The number of hydrogen-bond donors (Lipinski definition) is 4. The molecule has 0 amide bonds. The maximum absolute atomic E-state index is 10.9. The van der Waals surface area contributed by atoms with Crippen LogP contribution in [0.25, 0.3) is 11.1 Å². The summed E-state index contributed by atoms with van der Waals surface area (Å²) in [7, 11) is 0. The largest absolute Gasteiger partial charge is 0.481 e. The molecule has 0 aliphatic heterocycles. The minimum absolute atomic E-state index is 0.104. The number of aromatic amines is 1. The lowest BCUT2D eigenvalue weighted by molar-refractivity contribution is -0.138. The van der Waals surface area contributed by atoms with Crippen molar-refractivity contribution in [2.45, 2.75) is 12.5 Å². The quantitative estimate of drug-likeness (QED) is 0.611. The zero-order valence-electron chi connectivity index (χ0n) is 9.34. The molecule has 18 heavy (non-hydrogen) atoms. The van der Waals surface area contributed by atoms with Crippen molar-refractivity contribution in [1.29, 1.82) is 0 Å². The molecule has 0 fully saturated rings. The van der Waals surface area contributed by atoms with Crippen LogP contribution in [0.3, 0.4) is 0 Å². The van der Waals surface area contributed by atoms with E-state index in [1.807, 2.05) is 0 Å². The number of anilines is 1. The molecule has 7 heteroatoms. The first-order valence-electron chi connectivity index (χ1n) is 5.31. The van der Waals surface area contributed by atoms with Crippen LogP contribution in [0.2, 0.25) is 0 Å². The van der Waals surface area contributed by atoms with Crippen LogP contribution in [0, 0.1) is 0 Å². The molecule has 1 aromatic carbocycles. The molecule has 4 N–H and O–H groups in total. The Hall–Kier alpha value is -2.28. The molecule has 1 heterocycles. The van der Waals surface area contributed by atoms with Gasteiger partial charge in [0.05, 0.1) is 18.0 Å². The molecule has 0 saturated heterocycles. The molecule has 1 atom stereocenters. The summed E-state index contributed by atoms with van der Waals surface area (Å²) in [4.78, 5) is 23.8. The number of aliphatic hydroxyl groups excluding tert-OH is 1. The first-order chi connectivity index (χ1) is 8.54. The van der Waals surface area contributed by atoms with Crippen molar-refractivity contribution >= 4 is 22.8 Å². The number of carbonyl (C=O) groups is 1. The molecule has 2 rings (SSSR count). The molecule has 2 aromatic rings. The molecule has 0 aliphatic carbocycles. The molecule has 7 nitrogen and oxygen atoms in total. The molecule has 1 aromatic heterocycles. The van der Waals surface area contributed by atoms with Gasteiger partial charge in [-0.1, -0.05) is 0 Å². The van der Waals surface area contributed by atoms with Crippen molar-refractivity contribution in [3.05, 3.63) is 28.7 Å². The van der Waals surface area contributed by atoms with E-state index in [9.17, 15) is 14.7 Å². The number of nitrogens with one attached hydrogen (secondary N) is 2. The molecular formula is C11H12N2O5. The number of aliphatic carboxylic acids is 1. The number of aromatic nitrogens is 1. The van der Waals surface area contributed by atoms with Crippen LogP contribution in [-0.4, -0.2) is 33.8 Å². The molecule has 0 aliphatic rings. The first-order valence-corrected chi connectivity index (χ1v) is 5.31. The van der Waals surface area contributed by atoms with Crippen LogP contribution in [0.1, 0.15) is 6.42 Å². The van der Waals surface area contributed by atoms with Crippen LogP contribution in [0.4, 0.5) is 5.69 Å². The Bertz CT molecular complexity index is 615. The van der Waals surface area contributed by atoms with Crippen LogP contribution < -0.4 is 11.1 Å². The normalized spacial score (nSPS) is 12.5. The Morgan fingerprint density at radius 2 is 2.28 bits per heavy atom. The number of hydrogen-bond acceptors (Lipinski definition) is 5. The summed E-state index contributed by atoms with van der Waals surface area (Å²) >= 11 is 0. The highest BCUT2D eigenvalue weighted by Gasteiger charge is 2.09. The fourth-order valence-corrected chi connectivity index (χ4v) is 1.56. The highest BCUT2D eigenvalue weighted by atomic mass is 16.4. The molecular weight excluding hydrogens is 240 g/mol. The van der Waals surface area contributed by atoms with E-state index in [0.717, 1.165) is 0 Å². The van der Waals surface area contributed by atoms with Crippen LogP contribution in [-0.2, 0) is 4.79 Å².